The van der Waals surface area contributed by atoms with Crippen molar-refractivity contribution in [2.75, 3.05) is 6.61 Å². The maximum atomic E-state index is 11.6. The van der Waals surface area contributed by atoms with Gasteiger partial charge in [-0.25, -0.2) is 0 Å². The average Bonchev–Trinajstić information content (AvgIpc) is 3.01. The third-order valence-corrected chi connectivity index (χ3v) is 4.62. The second kappa shape index (κ2) is 15.5. The van der Waals surface area contributed by atoms with E-state index in [1.54, 1.807) is 0 Å². The van der Waals surface area contributed by atoms with Gasteiger partial charge in [-0.2, -0.15) is 0 Å². The molecule has 26 heavy (non-hydrogen) atoms. The normalized spacial score (nSPS) is 18.9. The average molecular weight is 359 g/mol. The van der Waals surface area contributed by atoms with Gasteiger partial charge in [0.15, 0.2) is 0 Å². The summed E-state index contributed by atoms with van der Waals surface area (Å²) in [6.07, 6.45) is 16.8. The zero-order chi connectivity index (χ0) is 18.9. The van der Waals surface area contributed by atoms with Gasteiger partial charge in [-0.15, -0.1) is 0 Å². The van der Waals surface area contributed by atoms with Crippen molar-refractivity contribution in [2.45, 2.75) is 90.1 Å². The van der Waals surface area contributed by atoms with Crippen LogP contribution in [0.1, 0.15) is 84.0 Å². The Kier molecular flexibility index (Phi) is 13.3. The lowest BCUT2D eigenvalue weighted by Gasteiger charge is -2.05. The van der Waals surface area contributed by atoms with E-state index in [4.69, 9.17) is 9.84 Å². The van der Waals surface area contributed by atoms with Gasteiger partial charge >= 0.3 is 5.97 Å². The quantitative estimate of drug-likeness (QED) is 0.310. The second-order valence-corrected chi connectivity index (χ2v) is 6.95. The fraction of sp³-hybridized carbons (Fsp3) is 0.696. The molecule has 0 aromatic heterocycles. The zero-order valence-electron chi connectivity index (χ0n) is 16.3. The number of cyclic esters (lactones) is 1. The molecule has 0 spiro atoms. The van der Waals surface area contributed by atoms with Crippen molar-refractivity contribution in [3.63, 3.8) is 0 Å². The van der Waals surface area contributed by atoms with Crippen LogP contribution >= 0.6 is 0 Å². The molecule has 0 bridgehead atoms. The fourth-order valence-electron chi connectivity index (χ4n) is 3.03. The summed E-state index contributed by atoms with van der Waals surface area (Å²) >= 11 is 0. The summed E-state index contributed by atoms with van der Waals surface area (Å²) < 4.78 is 5.09. The molecule has 1 N–H and O–H groups in total. The standard InChI is InChI=1S/C23H34O3/c1-2-3-4-5-6-7-8-9-10-11-12-13-14-15-16-17-18-21-19-22(20-24)26-23(21)25/h5-6,21-22,24H,2-4,11-20H2,1H3. The molecule has 1 rings (SSSR count). The smallest absolute Gasteiger partial charge is 0.309 e. The highest BCUT2D eigenvalue weighted by atomic mass is 16.6. The van der Waals surface area contributed by atoms with Crippen LogP contribution in [0.15, 0.2) is 12.2 Å². The molecular formula is C23H34O3. The van der Waals surface area contributed by atoms with Crippen molar-refractivity contribution >= 4 is 5.97 Å². The van der Waals surface area contributed by atoms with E-state index < -0.39 is 0 Å². The topological polar surface area (TPSA) is 46.5 Å². The van der Waals surface area contributed by atoms with Gasteiger partial charge in [-0.1, -0.05) is 69.8 Å². The molecule has 0 amide bonds. The number of carbonyl (C=O) groups is 1. The van der Waals surface area contributed by atoms with Crippen LogP contribution in [0.25, 0.3) is 0 Å². The van der Waals surface area contributed by atoms with E-state index in [1.807, 2.05) is 6.08 Å². The van der Waals surface area contributed by atoms with Crippen LogP contribution in [0.4, 0.5) is 0 Å². The largest absolute Gasteiger partial charge is 0.460 e. The van der Waals surface area contributed by atoms with Crippen molar-refractivity contribution in [2.24, 2.45) is 5.92 Å². The van der Waals surface area contributed by atoms with Crippen LogP contribution in [0.3, 0.4) is 0 Å². The number of ether oxygens (including phenoxy) is 1. The molecule has 3 heteroatoms. The molecule has 2 unspecified atom stereocenters. The predicted molar refractivity (Wildman–Crippen MR) is 106 cm³/mol. The summed E-state index contributed by atoms with van der Waals surface area (Å²) in [6.45, 7) is 2.14. The van der Waals surface area contributed by atoms with Gasteiger partial charge in [-0.05, 0) is 43.6 Å². The first-order valence-corrected chi connectivity index (χ1v) is 10.2. The molecule has 1 aliphatic heterocycles. The number of aliphatic hydroxyl groups excluding tert-OH is 1. The Morgan fingerprint density at radius 3 is 2.62 bits per heavy atom. The molecule has 1 aliphatic rings. The molecule has 1 fully saturated rings. The van der Waals surface area contributed by atoms with Crippen molar-refractivity contribution in [1.82, 2.24) is 0 Å². The molecule has 0 aromatic carbocycles. The van der Waals surface area contributed by atoms with E-state index in [0.717, 1.165) is 38.5 Å². The number of aliphatic hydroxyl groups is 1. The van der Waals surface area contributed by atoms with Gasteiger partial charge in [0, 0.05) is 6.42 Å². The highest BCUT2D eigenvalue weighted by Crippen LogP contribution is 2.26. The number of rotatable bonds is 12. The number of unbranched alkanes of at least 4 members (excludes halogenated alkanes) is 8. The minimum Gasteiger partial charge on any atom is -0.460 e. The summed E-state index contributed by atoms with van der Waals surface area (Å²) in [5, 5.41) is 9.02. The monoisotopic (exact) mass is 358 g/mol. The molecule has 144 valence electrons. The van der Waals surface area contributed by atoms with E-state index in [9.17, 15) is 4.79 Å². The zero-order valence-corrected chi connectivity index (χ0v) is 16.3. The maximum Gasteiger partial charge on any atom is 0.309 e. The van der Waals surface area contributed by atoms with Gasteiger partial charge in [-0.3, -0.25) is 4.79 Å². The van der Waals surface area contributed by atoms with Gasteiger partial charge in [0.1, 0.15) is 6.10 Å². The molecule has 3 nitrogen and oxygen atoms in total. The molecule has 0 aromatic rings. The Morgan fingerprint density at radius 2 is 1.88 bits per heavy atom. The molecule has 0 aliphatic carbocycles. The van der Waals surface area contributed by atoms with E-state index in [1.165, 1.54) is 32.1 Å². The van der Waals surface area contributed by atoms with Gasteiger partial charge in [0.05, 0.1) is 12.5 Å². The maximum absolute atomic E-state index is 11.6. The van der Waals surface area contributed by atoms with E-state index in [0.29, 0.717) is 6.42 Å². The summed E-state index contributed by atoms with van der Waals surface area (Å²) in [7, 11) is 0. The first-order chi connectivity index (χ1) is 12.8. The van der Waals surface area contributed by atoms with E-state index in [-0.39, 0.29) is 24.6 Å². The van der Waals surface area contributed by atoms with Gasteiger partial charge in [0.25, 0.3) is 0 Å². The van der Waals surface area contributed by atoms with Crippen LogP contribution in [0.5, 0.6) is 0 Å². The number of carbonyl (C=O) groups excluding carboxylic acids is 1. The minimum absolute atomic E-state index is 0.00465. The van der Waals surface area contributed by atoms with Crippen LogP contribution in [0, 0.1) is 29.6 Å². The Balaban J connectivity index is 1.91. The second-order valence-electron chi connectivity index (χ2n) is 6.95. The van der Waals surface area contributed by atoms with Crippen molar-refractivity contribution in [3.05, 3.63) is 12.2 Å². The first-order valence-electron chi connectivity index (χ1n) is 10.2. The molecule has 0 radical (unpaired) electrons. The lowest BCUT2D eigenvalue weighted by Crippen LogP contribution is -2.10. The van der Waals surface area contributed by atoms with E-state index >= 15 is 0 Å². The third-order valence-electron chi connectivity index (χ3n) is 4.62. The Hall–Kier alpha value is -1.71. The Morgan fingerprint density at radius 1 is 1.12 bits per heavy atom. The summed E-state index contributed by atoms with van der Waals surface area (Å²) in [4.78, 5) is 11.6. The van der Waals surface area contributed by atoms with Crippen LogP contribution in [0.2, 0.25) is 0 Å². The van der Waals surface area contributed by atoms with E-state index in [2.05, 4.69) is 36.7 Å². The molecule has 1 heterocycles. The van der Waals surface area contributed by atoms with Crippen LogP contribution < -0.4 is 0 Å². The number of hydrogen-bond donors (Lipinski definition) is 1. The SMILES string of the molecule is CCCCC=CC#CC#CCCCCCCCCC1CC(CO)OC1=O. The third kappa shape index (κ3) is 11.0. The van der Waals surface area contributed by atoms with Crippen molar-refractivity contribution < 1.29 is 14.6 Å². The Labute approximate surface area is 159 Å². The summed E-state index contributed by atoms with van der Waals surface area (Å²) in [5.74, 6) is 11.7. The van der Waals surface area contributed by atoms with Crippen LogP contribution in [-0.2, 0) is 9.53 Å². The van der Waals surface area contributed by atoms with Gasteiger partial charge < -0.3 is 9.84 Å². The molecular weight excluding hydrogens is 324 g/mol. The highest BCUT2D eigenvalue weighted by Gasteiger charge is 2.33. The summed E-state index contributed by atoms with van der Waals surface area (Å²) in [5.41, 5.74) is 0. The molecule has 0 saturated carbocycles. The number of allylic oxidation sites excluding steroid dienone is 2. The van der Waals surface area contributed by atoms with Crippen molar-refractivity contribution in [1.29, 1.82) is 0 Å². The number of hydrogen-bond acceptors (Lipinski definition) is 3. The fourth-order valence-corrected chi connectivity index (χ4v) is 3.03. The lowest BCUT2D eigenvalue weighted by atomic mass is 9.97. The van der Waals surface area contributed by atoms with Gasteiger partial charge in [0.2, 0.25) is 0 Å². The molecule has 2 atom stereocenters. The highest BCUT2D eigenvalue weighted by molar-refractivity contribution is 5.74. The number of esters is 1. The van der Waals surface area contributed by atoms with Crippen molar-refractivity contribution in [3.8, 4) is 23.7 Å². The first kappa shape index (κ1) is 22.3. The predicted octanol–water partition coefficient (Wildman–Crippen LogP) is 4.78. The summed E-state index contributed by atoms with van der Waals surface area (Å²) in [6, 6.07) is 0. The minimum atomic E-state index is -0.268. The van der Waals surface area contributed by atoms with Crippen LogP contribution in [-0.4, -0.2) is 23.8 Å². The Bertz CT molecular complexity index is 527. The lowest BCUT2D eigenvalue weighted by molar-refractivity contribution is -0.145. The molecule has 1 saturated heterocycles.